The number of carboxylic acid groups (broad SMARTS) is 1. The van der Waals surface area contributed by atoms with E-state index in [1.807, 2.05) is 6.92 Å². The molecule has 0 saturated carbocycles. The molecule has 2 amide bonds. The lowest BCUT2D eigenvalue weighted by Gasteiger charge is -2.32. The highest BCUT2D eigenvalue weighted by Gasteiger charge is 2.25. The SMILES string of the molecule is CCC(NC(=O)N1CCC(CC(=O)O)CC1)c1ncc[nH]1. The van der Waals surface area contributed by atoms with Gasteiger partial charge in [0.25, 0.3) is 0 Å². The molecule has 0 bridgehead atoms. The van der Waals surface area contributed by atoms with Crippen molar-refractivity contribution in [3.05, 3.63) is 18.2 Å². The van der Waals surface area contributed by atoms with Gasteiger partial charge in [-0.15, -0.1) is 0 Å². The number of urea groups is 1. The molecule has 1 aromatic heterocycles. The quantitative estimate of drug-likeness (QED) is 0.770. The molecule has 3 N–H and O–H groups in total. The number of likely N-dealkylation sites (tertiary alicyclic amines) is 1. The number of nitrogens with zero attached hydrogens (tertiary/aromatic N) is 2. The van der Waals surface area contributed by atoms with E-state index in [4.69, 9.17) is 5.11 Å². The van der Waals surface area contributed by atoms with Crippen LogP contribution in [-0.2, 0) is 4.79 Å². The average molecular weight is 294 g/mol. The largest absolute Gasteiger partial charge is 0.481 e. The molecule has 1 saturated heterocycles. The van der Waals surface area contributed by atoms with E-state index in [1.54, 1.807) is 17.3 Å². The van der Waals surface area contributed by atoms with Gasteiger partial charge >= 0.3 is 12.0 Å². The summed E-state index contributed by atoms with van der Waals surface area (Å²) in [6.07, 6.45) is 5.85. The lowest BCUT2D eigenvalue weighted by Crippen LogP contribution is -2.45. The number of aliphatic carboxylic acids is 1. The van der Waals surface area contributed by atoms with Crippen molar-refractivity contribution in [3.8, 4) is 0 Å². The standard InChI is InChI=1S/C14H22N4O3/c1-2-11(13-15-5-6-16-13)17-14(21)18-7-3-10(4-8-18)9-12(19)20/h5-6,10-11H,2-4,7-9H2,1H3,(H,15,16)(H,17,21)(H,19,20). The summed E-state index contributed by atoms with van der Waals surface area (Å²) in [5.74, 6) is 0.173. The van der Waals surface area contributed by atoms with Gasteiger partial charge in [0, 0.05) is 31.9 Å². The summed E-state index contributed by atoms with van der Waals surface area (Å²) in [5, 5.41) is 11.8. The first-order valence-electron chi connectivity index (χ1n) is 7.36. The molecule has 2 rings (SSSR count). The van der Waals surface area contributed by atoms with E-state index in [1.165, 1.54) is 0 Å². The van der Waals surface area contributed by atoms with Crippen molar-refractivity contribution in [1.29, 1.82) is 0 Å². The number of nitrogens with one attached hydrogen (secondary N) is 2. The molecule has 0 aliphatic carbocycles. The molecular weight excluding hydrogens is 272 g/mol. The fourth-order valence-electron chi connectivity index (χ4n) is 2.66. The van der Waals surface area contributed by atoms with Crippen LogP contribution in [-0.4, -0.2) is 45.1 Å². The van der Waals surface area contributed by atoms with Crippen LogP contribution < -0.4 is 5.32 Å². The van der Waals surface area contributed by atoms with Crippen LogP contribution >= 0.6 is 0 Å². The van der Waals surface area contributed by atoms with E-state index in [0.29, 0.717) is 13.1 Å². The Morgan fingerprint density at radius 1 is 1.52 bits per heavy atom. The number of imidazole rings is 1. The lowest BCUT2D eigenvalue weighted by molar-refractivity contribution is -0.138. The van der Waals surface area contributed by atoms with Crippen LogP contribution in [0.15, 0.2) is 12.4 Å². The minimum atomic E-state index is -0.762. The van der Waals surface area contributed by atoms with E-state index in [9.17, 15) is 9.59 Å². The van der Waals surface area contributed by atoms with Crippen molar-refractivity contribution in [3.63, 3.8) is 0 Å². The molecule has 1 aliphatic rings. The number of hydrogen-bond acceptors (Lipinski definition) is 3. The Bertz CT molecular complexity index is 467. The highest BCUT2D eigenvalue weighted by Crippen LogP contribution is 2.21. The van der Waals surface area contributed by atoms with E-state index in [-0.39, 0.29) is 24.4 Å². The van der Waals surface area contributed by atoms with E-state index in [2.05, 4.69) is 15.3 Å². The van der Waals surface area contributed by atoms with Gasteiger partial charge in [-0.05, 0) is 25.2 Å². The van der Waals surface area contributed by atoms with Crippen molar-refractivity contribution in [1.82, 2.24) is 20.2 Å². The molecule has 0 aromatic carbocycles. The zero-order chi connectivity index (χ0) is 15.2. The van der Waals surface area contributed by atoms with Gasteiger partial charge in [-0.25, -0.2) is 9.78 Å². The molecule has 2 heterocycles. The molecule has 0 spiro atoms. The third-order valence-electron chi connectivity index (χ3n) is 3.92. The highest BCUT2D eigenvalue weighted by molar-refractivity contribution is 5.74. The molecular formula is C14H22N4O3. The van der Waals surface area contributed by atoms with Crippen molar-refractivity contribution in [2.45, 2.75) is 38.6 Å². The molecule has 7 nitrogen and oxygen atoms in total. The van der Waals surface area contributed by atoms with Gasteiger partial charge in [-0.1, -0.05) is 6.92 Å². The first kappa shape index (κ1) is 15.3. The van der Waals surface area contributed by atoms with Crippen molar-refractivity contribution >= 4 is 12.0 Å². The zero-order valence-corrected chi connectivity index (χ0v) is 12.2. The summed E-state index contributed by atoms with van der Waals surface area (Å²) in [5.41, 5.74) is 0. The summed E-state index contributed by atoms with van der Waals surface area (Å²) in [6, 6.07) is -0.226. The second kappa shape index (κ2) is 7.10. The van der Waals surface area contributed by atoms with E-state index >= 15 is 0 Å². The second-order valence-electron chi connectivity index (χ2n) is 5.41. The maximum atomic E-state index is 12.2. The fraction of sp³-hybridized carbons (Fsp3) is 0.643. The molecule has 1 aliphatic heterocycles. The smallest absolute Gasteiger partial charge is 0.317 e. The molecule has 116 valence electrons. The van der Waals surface area contributed by atoms with Gasteiger partial charge in [0.2, 0.25) is 0 Å². The molecule has 7 heteroatoms. The third-order valence-corrected chi connectivity index (χ3v) is 3.92. The number of aromatic nitrogens is 2. The number of H-pyrrole nitrogens is 1. The molecule has 1 aromatic rings. The summed E-state index contributed by atoms with van der Waals surface area (Å²) < 4.78 is 0. The monoisotopic (exact) mass is 294 g/mol. The summed E-state index contributed by atoms with van der Waals surface area (Å²) in [6.45, 7) is 3.21. The number of piperidine rings is 1. The van der Waals surface area contributed by atoms with Crippen LogP contribution in [0.1, 0.15) is 44.5 Å². The summed E-state index contributed by atoms with van der Waals surface area (Å²) in [4.78, 5) is 31.9. The van der Waals surface area contributed by atoms with Crippen LogP contribution in [0.3, 0.4) is 0 Å². The van der Waals surface area contributed by atoms with E-state index in [0.717, 1.165) is 25.1 Å². The number of carbonyl (C=O) groups is 2. The van der Waals surface area contributed by atoms with Gasteiger partial charge in [-0.2, -0.15) is 0 Å². The van der Waals surface area contributed by atoms with Gasteiger partial charge in [0.15, 0.2) is 0 Å². The van der Waals surface area contributed by atoms with Crippen LogP contribution in [0, 0.1) is 5.92 Å². The first-order valence-corrected chi connectivity index (χ1v) is 7.36. The zero-order valence-electron chi connectivity index (χ0n) is 12.2. The maximum absolute atomic E-state index is 12.2. The predicted octanol–water partition coefficient (Wildman–Crippen LogP) is 1.76. The lowest BCUT2D eigenvalue weighted by atomic mass is 9.94. The molecule has 0 radical (unpaired) electrons. The van der Waals surface area contributed by atoms with Crippen molar-refractivity contribution in [2.75, 3.05) is 13.1 Å². The molecule has 1 atom stereocenters. The van der Waals surface area contributed by atoms with Gasteiger partial charge in [-0.3, -0.25) is 4.79 Å². The number of aromatic amines is 1. The number of amides is 2. The van der Waals surface area contributed by atoms with Crippen LogP contribution in [0.25, 0.3) is 0 Å². The third kappa shape index (κ3) is 4.21. The number of carboxylic acids is 1. The number of hydrogen-bond donors (Lipinski definition) is 3. The Labute approximate surface area is 123 Å². The molecule has 21 heavy (non-hydrogen) atoms. The van der Waals surface area contributed by atoms with Crippen LogP contribution in [0.2, 0.25) is 0 Å². The first-order chi connectivity index (χ1) is 10.1. The Morgan fingerprint density at radius 2 is 2.24 bits per heavy atom. The normalized spacial score (nSPS) is 17.5. The minimum absolute atomic E-state index is 0.105. The summed E-state index contributed by atoms with van der Waals surface area (Å²) >= 11 is 0. The Balaban J connectivity index is 1.83. The van der Waals surface area contributed by atoms with Gasteiger partial charge < -0.3 is 20.3 Å². The van der Waals surface area contributed by atoms with Gasteiger partial charge in [0.1, 0.15) is 5.82 Å². The molecule has 1 unspecified atom stereocenters. The average Bonchev–Trinajstić information content (AvgIpc) is 2.98. The molecule has 1 fully saturated rings. The highest BCUT2D eigenvalue weighted by atomic mass is 16.4. The van der Waals surface area contributed by atoms with Crippen molar-refractivity contribution in [2.24, 2.45) is 5.92 Å². The Hall–Kier alpha value is -2.05. The number of carbonyl (C=O) groups excluding carboxylic acids is 1. The Kier molecular flexibility index (Phi) is 5.19. The van der Waals surface area contributed by atoms with E-state index < -0.39 is 5.97 Å². The predicted molar refractivity (Wildman–Crippen MR) is 76.7 cm³/mol. The van der Waals surface area contributed by atoms with Crippen LogP contribution in [0.4, 0.5) is 4.79 Å². The summed E-state index contributed by atoms with van der Waals surface area (Å²) in [7, 11) is 0. The number of rotatable bonds is 5. The minimum Gasteiger partial charge on any atom is -0.481 e. The van der Waals surface area contributed by atoms with Crippen LogP contribution in [0.5, 0.6) is 0 Å². The van der Waals surface area contributed by atoms with Gasteiger partial charge in [0.05, 0.1) is 6.04 Å². The fourth-order valence-corrected chi connectivity index (χ4v) is 2.66. The Morgan fingerprint density at radius 3 is 2.76 bits per heavy atom. The second-order valence-corrected chi connectivity index (χ2v) is 5.41. The van der Waals surface area contributed by atoms with Crippen molar-refractivity contribution < 1.29 is 14.7 Å². The topological polar surface area (TPSA) is 98.3 Å². The maximum Gasteiger partial charge on any atom is 0.317 e.